The lowest BCUT2D eigenvalue weighted by molar-refractivity contribution is -0.0985. The molecule has 0 spiro atoms. The van der Waals surface area contributed by atoms with Crippen molar-refractivity contribution in [3.8, 4) is 0 Å². The van der Waals surface area contributed by atoms with Crippen LogP contribution in [0.1, 0.15) is 25.1 Å². The van der Waals surface area contributed by atoms with E-state index in [0.717, 1.165) is 12.8 Å². The van der Waals surface area contributed by atoms with Crippen molar-refractivity contribution in [1.29, 1.82) is 0 Å². The average molecular weight is 226 g/mol. The Balaban J connectivity index is 2.05. The smallest absolute Gasteiger partial charge is 0.176 e. The Labute approximate surface area is 94.3 Å². The molecule has 1 aliphatic carbocycles. The van der Waals surface area contributed by atoms with Crippen LogP contribution in [0.15, 0.2) is 0 Å². The maximum absolute atomic E-state index is 5.59. The zero-order valence-corrected chi connectivity index (χ0v) is 9.68. The van der Waals surface area contributed by atoms with Crippen molar-refractivity contribution in [1.82, 2.24) is 25.6 Å². The minimum absolute atomic E-state index is 0.0375. The van der Waals surface area contributed by atoms with Crippen molar-refractivity contribution in [2.24, 2.45) is 12.9 Å². The second kappa shape index (κ2) is 4.44. The Morgan fingerprint density at radius 2 is 2.38 bits per heavy atom. The number of tetrazole rings is 1. The van der Waals surface area contributed by atoms with E-state index >= 15 is 0 Å². The average Bonchev–Trinajstić information content (AvgIpc) is 2.61. The Morgan fingerprint density at radius 1 is 1.62 bits per heavy atom. The quantitative estimate of drug-likeness (QED) is 0.502. The minimum atomic E-state index is -0.159. The van der Waals surface area contributed by atoms with Crippen LogP contribution in [0.2, 0.25) is 0 Å². The van der Waals surface area contributed by atoms with Gasteiger partial charge in [0.1, 0.15) is 0 Å². The lowest BCUT2D eigenvalue weighted by Crippen LogP contribution is -2.59. The summed E-state index contributed by atoms with van der Waals surface area (Å²) >= 11 is 0. The molecule has 7 heteroatoms. The first-order valence-corrected chi connectivity index (χ1v) is 5.44. The summed E-state index contributed by atoms with van der Waals surface area (Å²) < 4.78 is 5.58. The maximum atomic E-state index is 5.59. The van der Waals surface area contributed by atoms with E-state index in [1.165, 1.54) is 11.2 Å². The van der Waals surface area contributed by atoms with Crippen LogP contribution in [0.3, 0.4) is 0 Å². The summed E-state index contributed by atoms with van der Waals surface area (Å²) in [7, 11) is 3.48. The van der Waals surface area contributed by atoms with Gasteiger partial charge in [-0.2, -0.15) is 4.80 Å². The highest BCUT2D eigenvalue weighted by Crippen LogP contribution is 2.38. The predicted octanol–water partition coefficient (Wildman–Crippen LogP) is -0.846. The molecule has 2 rings (SSSR count). The zero-order valence-electron chi connectivity index (χ0n) is 9.68. The van der Waals surface area contributed by atoms with Crippen molar-refractivity contribution in [3.05, 3.63) is 5.82 Å². The summed E-state index contributed by atoms with van der Waals surface area (Å²) in [6.45, 7) is 0. The van der Waals surface area contributed by atoms with Crippen LogP contribution >= 0.6 is 0 Å². The summed E-state index contributed by atoms with van der Waals surface area (Å²) in [4.78, 5) is 1.45. The minimum Gasteiger partial charge on any atom is -0.377 e. The van der Waals surface area contributed by atoms with Crippen molar-refractivity contribution < 1.29 is 4.74 Å². The van der Waals surface area contributed by atoms with E-state index in [1.807, 2.05) is 0 Å². The first kappa shape index (κ1) is 11.4. The van der Waals surface area contributed by atoms with E-state index in [1.54, 1.807) is 14.2 Å². The standard InChI is InChI=1S/C9H18N6O/c1-15-13-8(12-14-15)6-7(11-10)9(16-2)4-3-5-9/h7,11H,3-6,10H2,1-2H3. The van der Waals surface area contributed by atoms with Crippen molar-refractivity contribution in [2.75, 3.05) is 7.11 Å². The molecule has 1 heterocycles. The van der Waals surface area contributed by atoms with Gasteiger partial charge in [-0.1, -0.05) is 0 Å². The van der Waals surface area contributed by atoms with E-state index in [2.05, 4.69) is 20.8 Å². The van der Waals surface area contributed by atoms with Gasteiger partial charge in [-0.25, -0.2) is 0 Å². The number of nitrogens with one attached hydrogen (secondary N) is 1. The van der Waals surface area contributed by atoms with Gasteiger partial charge in [0.2, 0.25) is 0 Å². The van der Waals surface area contributed by atoms with Crippen LogP contribution in [0.4, 0.5) is 0 Å². The van der Waals surface area contributed by atoms with Crippen LogP contribution < -0.4 is 11.3 Å². The SMILES string of the molecule is COC1(C(Cc2nnn(C)n2)NN)CCC1. The van der Waals surface area contributed by atoms with Crippen LogP contribution in [0.5, 0.6) is 0 Å². The van der Waals surface area contributed by atoms with Gasteiger partial charge in [-0.15, -0.1) is 10.2 Å². The van der Waals surface area contributed by atoms with Gasteiger partial charge in [0.05, 0.1) is 18.7 Å². The Morgan fingerprint density at radius 3 is 2.75 bits per heavy atom. The number of rotatable bonds is 5. The molecule has 3 N–H and O–H groups in total. The van der Waals surface area contributed by atoms with Crippen LogP contribution in [0.25, 0.3) is 0 Å². The van der Waals surface area contributed by atoms with E-state index in [-0.39, 0.29) is 11.6 Å². The number of aromatic nitrogens is 4. The third-order valence-corrected chi connectivity index (χ3v) is 3.38. The predicted molar refractivity (Wildman–Crippen MR) is 57.2 cm³/mol. The summed E-state index contributed by atoms with van der Waals surface area (Å²) in [5.41, 5.74) is 2.65. The van der Waals surface area contributed by atoms with Crippen LogP contribution in [-0.4, -0.2) is 39.0 Å². The number of hydrazine groups is 1. The molecule has 0 aromatic carbocycles. The lowest BCUT2D eigenvalue weighted by Gasteiger charge is -2.45. The molecule has 1 unspecified atom stereocenters. The molecule has 0 aliphatic heterocycles. The second-order valence-electron chi connectivity index (χ2n) is 4.24. The van der Waals surface area contributed by atoms with Gasteiger partial charge in [0.25, 0.3) is 0 Å². The maximum Gasteiger partial charge on any atom is 0.176 e. The number of nitrogens with two attached hydrogens (primary N) is 1. The van der Waals surface area contributed by atoms with Crippen LogP contribution in [-0.2, 0) is 18.2 Å². The number of methoxy groups -OCH3 is 1. The molecule has 1 saturated carbocycles. The van der Waals surface area contributed by atoms with E-state index in [4.69, 9.17) is 10.6 Å². The lowest BCUT2D eigenvalue weighted by atomic mass is 9.73. The molecular weight excluding hydrogens is 208 g/mol. The highest BCUT2D eigenvalue weighted by molar-refractivity contribution is 5.02. The third-order valence-electron chi connectivity index (χ3n) is 3.38. The molecule has 90 valence electrons. The highest BCUT2D eigenvalue weighted by atomic mass is 16.5. The molecule has 1 atom stereocenters. The van der Waals surface area contributed by atoms with Gasteiger partial charge >= 0.3 is 0 Å². The summed E-state index contributed by atoms with van der Waals surface area (Å²) in [6.07, 6.45) is 3.87. The molecular formula is C9H18N6O. The topological polar surface area (TPSA) is 90.9 Å². The normalized spacial score (nSPS) is 20.4. The number of hydrogen-bond acceptors (Lipinski definition) is 6. The largest absolute Gasteiger partial charge is 0.377 e. The number of aryl methyl sites for hydroxylation is 1. The van der Waals surface area contributed by atoms with Crippen molar-refractivity contribution in [3.63, 3.8) is 0 Å². The molecule has 0 amide bonds. The first-order valence-electron chi connectivity index (χ1n) is 5.44. The molecule has 0 bridgehead atoms. The van der Waals surface area contributed by atoms with E-state index in [0.29, 0.717) is 12.2 Å². The highest BCUT2D eigenvalue weighted by Gasteiger charge is 2.44. The van der Waals surface area contributed by atoms with Gasteiger partial charge in [-0.05, 0) is 24.5 Å². The van der Waals surface area contributed by atoms with Gasteiger partial charge in [-0.3, -0.25) is 11.3 Å². The molecule has 16 heavy (non-hydrogen) atoms. The fourth-order valence-corrected chi connectivity index (χ4v) is 2.20. The monoisotopic (exact) mass is 226 g/mol. The van der Waals surface area contributed by atoms with E-state index < -0.39 is 0 Å². The molecule has 1 aromatic heterocycles. The number of nitrogens with zero attached hydrogens (tertiary/aromatic N) is 4. The van der Waals surface area contributed by atoms with Crippen molar-refractivity contribution >= 4 is 0 Å². The molecule has 1 fully saturated rings. The summed E-state index contributed by atoms with van der Waals surface area (Å²) in [6, 6.07) is 0.0375. The molecule has 1 aromatic rings. The third kappa shape index (κ3) is 1.93. The number of hydrogen-bond donors (Lipinski definition) is 2. The van der Waals surface area contributed by atoms with E-state index in [9.17, 15) is 0 Å². The molecule has 7 nitrogen and oxygen atoms in total. The fourth-order valence-electron chi connectivity index (χ4n) is 2.20. The Kier molecular flexibility index (Phi) is 3.17. The van der Waals surface area contributed by atoms with Gasteiger partial charge in [0, 0.05) is 13.5 Å². The summed E-state index contributed by atoms with van der Waals surface area (Å²) in [5, 5.41) is 11.9. The second-order valence-corrected chi connectivity index (χ2v) is 4.24. The number of ether oxygens (including phenoxy) is 1. The Hall–Kier alpha value is -1.05. The van der Waals surface area contributed by atoms with Crippen molar-refractivity contribution in [2.45, 2.75) is 37.3 Å². The first-order chi connectivity index (χ1) is 7.70. The molecule has 1 aliphatic rings. The zero-order chi connectivity index (χ0) is 11.6. The molecule has 0 saturated heterocycles. The summed E-state index contributed by atoms with van der Waals surface area (Å²) in [5.74, 6) is 6.27. The van der Waals surface area contributed by atoms with Crippen LogP contribution in [0, 0.1) is 0 Å². The molecule has 0 radical (unpaired) electrons. The van der Waals surface area contributed by atoms with Gasteiger partial charge in [0.15, 0.2) is 5.82 Å². The van der Waals surface area contributed by atoms with Gasteiger partial charge < -0.3 is 4.74 Å². The fraction of sp³-hybridized carbons (Fsp3) is 0.889. The Bertz CT molecular complexity index is 342.